The third-order valence-electron chi connectivity index (χ3n) is 3.64. The SMILES string of the molecule is COC(=O)c1ccc(C)c(S(=O)(=O)Nc2cccc([N+](=O)[O-])c2C)c1. The van der Waals surface area contributed by atoms with E-state index in [2.05, 4.69) is 9.46 Å². The molecule has 0 aromatic heterocycles. The lowest BCUT2D eigenvalue weighted by atomic mass is 10.1. The molecule has 132 valence electrons. The highest BCUT2D eigenvalue weighted by molar-refractivity contribution is 7.92. The van der Waals surface area contributed by atoms with Gasteiger partial charge in [-0.3, -0.25) is 14.8 Å². The third-order valence-corrected chi connectivity index (χ3v) is 5.15. The van der Waals surface area contributed by atoms with Gasteiger partial charge in [-0.2, -0.15) is 0 Å². The van der Waals surface area contributed by atoms with Crippen LogP contribution in [-0.2, 0) is 14.8 Å². The van der Waals surface area contributed by atoms with Crippen LogP contribution in [0.2, 0.25) is 0 Å². The van der Waals surface area contributed by atoms with Crippen LogP contribution in [0.1, 0.15) is 21.5 Å². The Morgan fingerprint density at radius 3 is 2.48 bits per heavy atom. The highest BCUT2D eigenvalue weighted by atomic mass is 32.2. The van der Waals surface area contributed by atoms with Crippen LogP contribution in [0.5, 0.6) is 0 Å². The zero-order chi connectivity index (χ0) is 18.8. The Hall–Kier alpha value is -2.94. The van der Waals surface area contributed by atoms with Crippen LogP contribution >= 0.6 is 0 Å². The highest BCUT2D eigenvalue weighted by Crippen LogP contribution is 2.28. The second-order valence-corrected chi connectivity index (χ2v) is 6.93. The van der Waals surface area contributed by atoms with Crippen LogP contribution in [0, 0.1) is 24.0 Å². The number of rotatable bonds is 5. The highest BCUT2D eigenvalue weighted by Gasteiger charge is 2.22. The van der Waals surface area contributed by atoms with E-state index in [9.17, 15) is 23.3 Å². The topological polar surface area (TPSA) is 116 Å². The van der Waals surface area contributed by atoms with E-state index in [1.54, 1.807) is 6.92 Å². The number of anilines is 1. The molecule has 0 fully saturated rings. The molecule has 9 heteroatoms. The van der Waals surface area contributed by atoms with Crippen LogP contribution in [0.25, 0.3) is 0 Å². The molecule has 0 aliphatic heterocycles. The summed E-state index contributed by atoms with van der Waals surface area (Å²) in [6.07, 6.45) is 0. The number of nitrogens with one attached hydrogen (secondary N) is 1. The molecule has 0 spiro atoms. The summed E-state index contributed by atoms with van der Waals surface area (Å²) in [6.45, 7) is 3.03. The number of nitrogens with zero attached hydrogens (tertiary/aromatic N) is 1. The lowest BCUT2D eigenvalue weighted by molar-refractivity contribution is -0.385. The normalized spacial score (nSPS) is 11.0. The monoisotopic (exact) mass is 364 g/mol. The Kier molecular flexibility index (Phi) is 5.07. The van der Waals surface area contributed by atoms with Gasteiger partial charge in [-0.05, 0) is 37.6 Å². The minimum Gasteiger partial charge on any atom is -0.465 e. The molecular formula is C16H16N2O6S. The number of carbonyl (C=O) groups excluding carboxylic acids is 1. The van der Waals surface area contributed by atoms with Gasteiger partial charge in [-0.15, -0.1) is 0 Å². The molecule has 2 aromatic rings. The van der Waals surface area contributed by atoms with Crippen LogP contribution in [0.4, 0.5) is 11.4 Å². The van der Waals surface area contributed by atoms with E-state index in [0.717, 1.165) is 0 Å². The summed E-state index contributed by atoms with van der Waals surface area (Å²) >= 11 is 0. The number of hydrogen-bond acceptors (Lipinski definition) is 6. The standard InChI is InChI=1S/C16H16N2O6S/c1-10-7-8-12(16(19)24-3)9-15(10)25(22,23)17-13-5-4-6-14(11(13)2)18(20)21/h4-9,17H,1-3H3. The third kappa shape index (κ3) is 3.77. The van der Waals surface area contributed by atoms with Crippen molar-refractivity contribution in [3.8, 4) is 0 Å². The maximum absolute atomic E-state index is 12.7. The molecule has 0 aliphatic rings. The number of ether oxygens (including phenoxy) is 1. The van der Waals surface area contributed by atoms with Crippen LogP contribution < -0.4 is 4.72 Å². The van der Waals surface area contributed by atoms with Crippen molar-refractivity contribution < 1.29 is 22.9 Å². The summed E-state index contributed by atoms with van der Waals surface area (Å²) in [5.74, 6) is -0.664. The second-order valence-electron chi connectivity index (χ2n) is 5.28. The number of esters is 1. The molecule has 0 unspecified atom stereocenters. The van der Waals surface area contributed by atoms with Crippen molar-refractivity contribution in [2.45, 2.75) is 18.7 Å². The quantitative estimate of drug-likeness (QED) is 0.495. The first kappa shape index (κ1) is 18.4. The van der Waals surface area contributed by atoms with Gasteiger partial charge >= 0.3 is 5.97 Å². The number of methoxy groups -OCH3 is 1. The zero-order valence-electron chi connectivity index (χ0n) is 13.8. The van der Waals surface area contributed by atoms with Gasteiger partial charge in [0, 0.05) is 6.07 Å². The molecule has 1 N–H and O–H groups in total. The smallest absolute Gasteiger partial charge is 0.337 e. The summed E-state index contributed by atoms with van der Waals surface area (Å²) < 4.78 is 32.3. The largest absolute Gasteiger partial charge is 0.465 e. The maximum Gasteiger partial charge on any atom is 0.337 e. The van der Waals surface area contributed by atoms with Crippen LogP contribution in [0.15, 0.2) is 41.3 Å². The van der Waals surface area contributed by atoms with Crippen molar-refractivity contribution in [1.82, 2.24) is 0 Å². The van der Waals surface area contributed by atoms with Gasteiger partial charge < -0.3 is 4.74 Å². The van der Waals surface area contributed by atoms with E-state index in [1.165, 1.54) is 50.4 Å². The number of nitro benzene ring substituents is 1. The fraction of sp³-hybridized carbons (Fsp3) is 0.188. The molecule has 0 heterocycles. The first-order chi connectivity index (χ1) is 11.7. The molecule has 25 heavy (non-hydrogen) atoms. The van der Waals surface area contributed by atoms with E-state index in [4.69, 9.17) is 0 Å². The Labute approximate surface area is 144 Å². The lowest BCUT2D eigenvalue weighted by Gasteiger charge is -2.13. The van der Waals surface area contributed by atoms with Crippen molar-refractivity contribution >= 4 is 27.4 Å². The van der Waals surface area contributed by atoms with E-state index < -0.39 is 20.9 Å². The Morgan fingerprint density at radius 1 is 1.20 bits per heavy atom. The molecule has 0 atom stereocenters. The number of sulfonamides is 1. The molecule has 0 radical (unpaired) electrons. The minimum absolute atomic E-state index is 0.0873. The number of hydrogen-bond donors (Lipinski definition) is 1. The van der Waals surface area contributed by atoms with Gasteiger partial charge in [0.05, 0.1) is 33.7 Å². The molecule has 2 aromatic carbocycles. The van der Waals surface area contributed by atoms with Gasteiger partial charge in [0.15, 0.2) is 0 Å². The maximum atomic E-state index is 12.7. The summed E-state index contributed by atoms with van der Waals surface area (Å²) in [4.78, 5) is 21.9. The number of benzene rings is 2. The van der Waals surface area contributed by atoms with Crippen molar-refractivity contribution in [3.05, 3.63) is 63.2 Å². The van der Waals surface area contributed by atoms with Crippen molar-refractivity contribution in [2.24, 2.45) is 0 Å². The predicted octanol–water partition coefficient (Wildman–Crippen LogP) is 2.80. The molecule has 0 saturated carbocycles. The molecule has 0 aliphatic carbocycles. The molecule has 0 bridgehead atoms. The predicted molar refractivity (Wildman–Crippen MR) is 91.2 cm³/mol. The van der Waals surface area contributed by atoms with Crippen molar-refractivity contribution in [3.63, 3.8) is 0 Å². The minimum atomic E-state index is -4.05. The van der Waals surface area contributed by atoms with Gasteiger partial charge in [0.1, 0.15) is 0 Å². The average Bonchev–Trinajstić information content (AvgIpc) is 2.55. The summed E-state index contributed by atoms with van der Waals surface area (Å²) in [6, 6.07) is 8.26. The fourth-order valence-corrected chi connectivity index (χ4v) is 3.66. The van der Waals surface area contributed by atoms with Gasteiger partial charge in [-0.1, -0.05) is 12.1 Å². The molecule has 2 rings (SSSR count). The van der Waals surface area contributed by atoms with Gasteiger partial charge in [0.2, 0.25) is 0 Å². The zero-order valence-corrected chi connectivity index (χ0v) is 14.6. The van der Waals surface area contributed by atoms with Gasteiger partial charge in [-0.25, -0.2) is 13.2 Å². The number of nitro groups is 1. The first-order valence-corrected chi connectivity index (χ1v) is 8.61. The summed E-state index contributed by atoms with van der Waals surface area (Å²) in [5.41, 5.74) is 0.600. The van der Waals surface area contributed by atoms with E-state index in [1.807, 2.05) is 0 Å². The van der Waals surface area contributed by atoms with Crippen LogP contribution in [0.3, 0.4) is 0 Å². The fourth-order valence-electron chi connectivity index (χ4n) is 2.27. The molecule has 0 saturated heterocycles. The van der Waals surface area contributed by atoms with Crippen LogP contribution in [-0.4, -0.2) is 26.4 Å². The number of aryl methyl sites for hydroxylation is 1. The molecule has 8 nitrogen and oxygen atoms in total. The Balaban J connectivity index is 2.49. The van der Waals surface area contributed by atoms with E-state index in [0.29, 0.717) is 5.56 Å². The number of carbonyl (C=O) groups is 1. The van der Waals surface area contributed by atoms with E-state index in [-0.39, 0.29) is 27.4 Å². The van der Waals surface area contributed by atoms with Gasteiger partial charge in [0.25, 0.3) is 15.7 Å². The Morgan fingerprint density at radius 2 is 1.88 bits per heavy atom. The van der Waals surface area contributed by atoms with Crippen molar-refractivity contribution in [1.29, 1.82) is 0 Å². The van der Waals surface area contributed by atoms with E-state index >= 15 is 0 Å². The Bertz CT molecular complexity index is 953. The molecular weight excluding hydrogens is 348 g/mol. The van der Waals surface area contributed by atoms with Crippen molar-refractivity contribution in [2.75, 3.05) is 11.8 Å². The lowest BCUT2D eigenvalue weighted by Crippen LogP contribution is -2.16. The summed E-state index contributed by atoms with van der Waals surface area (Å²) in [7, 11) is -2.86. The molecule has 0 amide bonds. The average molecular weight is 364 g/mol. The summed E-state index contributed by atoms with van der Waals surface area (Å²) in [5, 5.41) is 11.0. The second kappa shape index (κ2) is 6.89. The first-order valence-electron chi connectivity index (χ1n) is 7.13.